The minimum Gasteiger partial charge on any atom is -0.383 e. The summed E-state index contributed by atoms with van der Waals surface area (Å²) >= 11 is 0. The summed E-state index contributed by atoms with van der Waals surface area (Å²) in [5, 5.41) is 13.6. The number of nitro benzene ring substituents is 1. The molecule has 0 atom stereocenters. The lowest BCUT2D eigenvalue weighted by molar-refractivity contribution is -0.384. The van der Waals surface area contributed by atoms with E-state index in [4.69, 9.17) is 0 Å². The second-order valence-electron chi connectivity index (χ2n) is 4.28. The van der Waals surface area contributed by atoms with Gasteiger partial charge in [0, 0.05) is 19.7 Å². The Morgan fingerprint density at radius 1 is 1.40 bits per heavy atom. The summed E-state index contributed by atoms with van der Waals surface area (Å²) in [5.74, 6) is 0. The Bertz CT molecular complexity index is 478. The van der Waals surface area contributed by atoms with Crippen LogP contribution < -0.4 is 5.32 Å². The van der Waals surface area contributed by atoms with Gasteiger partial charge in [-0.3, -0.25) is 15.0 Å². The molecule has 112 valence electrons. The van der Waals surface area contributed by atoms with Crippen molar-refractivity contribution in [2.24, 2.45) is 0 Å². The number of benzene rings is 1. The maximum absolute atomic E-state index is 12.4. The summed E-state index contributed by atoms with van der Waals surface area (Å²) in [6.45, 7) is 0.801. The van der Waals surface area contributed by atoms with E-state index in [0.29, 0.717) is 11.3 Å². The van der Waals surface area contributed by atoms with Gasteiger partial charge in [0.15, 0.2) is 0 Å². The van der Waals surface area contributed by atoms with Crippen LogP contribution in [0.3, 0.4) is 0 Å². The summed E-state index contributed by atoms with van der Waals surface area (Å²) in [5.41, 5.74) is 0.660. The molecule has 0 radical (unpaired) electrons. The number of anilines is 1. The van der Waals surface area contributed by atoms with Crippen LogP contribution in [0.25, 0.3) is 0 Å². The fourth-order valence-corrected chi connectivity index (χ4v) is 1.83. The monoisotopic (exact) mass is 291 g/mol. The van der Waals surface area contributed by atoms with Crippen LogP contribution in [-0.4, -0.2) is 36.1 Å². The molecule has 0 aliphatic rings. The molecule has 1 N–H and O–H groups in total. The molecule has 8 heteroatoms. The van der Waals surface area contributed by atoms with Crippen molar-refractivity contribution in [3.8, 4) is 0 Å². The average Bonchev–Trinajstić information content (AvgIpc) is 2.36. The lowest BCUT2D eigenvalue weighted by atomic mass is 10.1. The van der Waals surface area contributed by atoms with Crippen molar-refractivity contribution < 1.29 is 18.1 Å². The highest BCUT2D eigenvalue weighted by Crippen LogP contribution is 2.26. The molecule has 1 aromatic rings. The van der Waals surface area contributed by atoms with Gasteiger partial charge >= 0.3 is 6.18 Å². The van der Waals surface area contributed by atoms with Gasteiger partial charge in [0.25, 0.3) is 5.69 Å². The molecule has 0 aliphatic carbocycles. The molecular weight excluding hydrogens is 275 g/mol. The van der Waals surface area contributed by atoms with Gasteiger partial charge in [0.1, 0.15) is 5.69 Å². The normalized spacial score (nSPS) is 11.7. The molecule has 1 rings (SSSR count). The maximum atomic E-state index is 12.4. The molecule has 0 heterocycles. The van der Waals surface area contributed by atoms with Crippen molar-refractivity contribution in [2.45, 2.75) is 19.6 Å². The zero-order valence-electron chi connectivity index (χ0n) is 11.2. The quantitative estimate of drug-likeness (QED) is 0.646. The van der Waals surface area contributed by atoms with Crippen molar-refractivity contribution >= 4 is 11.4 Å². The second kappa shape index (κ2) is 6.56. The van der Waals surface area contributed by atoms with Gasteiger partial charge in [-0.2, -0.15) is 13.2 Å². The predicted molar refractivity (Wildman–Crippen MR) is 69.6 cm³/mol. The number of nitrogens with zero attached hydrogens (tertiary/aromatic N) is 2. The van der Waals surface area contributed by atoms with E-state index in [9.17, 15) is 23.3 Å². The molecule has 0 fully saturated rings. The topological polar surface area (TPSA) is 58.4 Å². The Balaban J connectivity index is 2.91. The highest BCUT2D eigenvalue weighted by Gasteiger charge is 2.30. The summed E-state index contributed by atoms with van der Waals surface area (Å²) in [6.07, 6.45) is -4.28. The Morgan fingerprint density at radius 2 is 2.05 bits per heavy atom. The van der Waals surface area contributed by atoms with Gasteiger partial charge in [-0.25, -0.2) is 0 Å². The number of alkyl halides is 3. The number of hydrogen-bond acceptors (Lipinski definition) is 4. The first-order chi connectivity index (χ1) is 9.26. The van der Waals surface area contributed by atoms with Crippen molar-refractivity contribution in [2.75, 3.05) is 25.5 Å². The predicted octanol–water partition coefficient (Wildman–Crippen LogP) is 3.02. The molecule has 0 aromatic heterocycles. The van der Waals surface area contributed by atoms with Crippen LogP contribution in [0.1, 0.15) is 12.5 Å². The Hall–Kier alpha value is -1.83. The number of halogens is 3. The van der Waals surface area contributed by atoms with Crippen LogP contribution in [0.5, 0.6) is 0 Å². The van der Waals surface area contributed by atoms with E-state index in [2.05, 4.69) is 5.32 Å². The summed E-state index contributed by atoms with van der Waals surface area (Å²) in [7, 11) is 1.55. The van der Waals surface area contributed by atoms with Crippen LogP contribution in [0.2, 0.25) is 0 Å². The zero-order valence-corrected chi connectivity index (χ0v) is 11.2. The number of hydrogen-bond donors (Lipinski definition) is 1. The summed E-state index contributed by atoms with van der Waals surface area (Å²) in [6, 6.07) is 4.37. The SMILES string of the molecule is CCN(Cc1ccc(NC)c([N+](=O)[O-])c1)CC(F)(F)F. The summed E-state index contributed by atoms with van der Waals surface area (Å²) < 4.78 is 37.1. The van der Waals surface area contributed by atoms with E-state index in [0.717, 1.165) is 0 Å². The van der Waals surface area contributed by atoms with Crippen molar-refractivity contribution in [3.05, 3.63) is 33.9 Å². The Morgan fingerprint density at radius 3 is 2.50 bits per heavy atom. The van der Waals surface area contributed by atoms with Gasteiger partial charge in [-0.1, -0.05) is 13.0 Å². The fourth-order valence-electron chi connectivity index (χ4n) is 1.83. The molecular formula is C12H16F3N3O2. The zero-order chi connectivity index (χ0) is 15.3. The van der Waals surface area contributed by atoms with Crippen LogP contribution in [0, 0.1) is 10.1 Å². The molecule has 0 saturated carbocycles. The van der Waals surface area contributed by atoms with Crippen molar-refractivity contribution in [1.29, 1.82) is 0 Å². The molecule has 0 saturated heterocycles. The smallest absolute Gasteiger partial charge is 0.383 e. The van der Waals surface area contributed by atoms with Crippen LogP contribution in [0.4, 0.5) is 24.5 Å². The third-order valence-corrected chi connectivity index (χ3v) is 2.78. The number of rotatable bonds is 6. The first-order valence-electron chi connectivity index (χ1n) is 6.01. The van der Waals surface area contributed by atoms with Gasteiger partial charge in [0.2, 0.25) is 0 Å². The summed E-state index contributed by atoms with van der Waals surface area (Å²) in [4.78, 5) is 11.5. The molecule has 1 aromatic carbocycles. The number of nitro groups is 1. The van der Waals surface area contributed by atoms with E-state index in [1.54, 1.807) is 20.0 Å². The Kier molecular flexibility index (Phi) is 5.32. The van der Waals surface area contributed by atoms with E-state index in [1.807, 2.05) is 0 Å². The van der Waals surface area contributed by atoms with Crippen LogP contribution in [0.15, 0.2) is 18.2 Å². The number of nitrogens with one attached hydrogen (secondary N) is 1. The molecule has 0 spiro atoms. The van der Waals surface area contributed by atoms with E-state index in [-0.39, 0.29) is 18.8 Å². The largest absolute Gasteiger partial charge is 0.401 e. The molecule has 5 nitrogen and oxygen atoms in total. The van der Waals surface area contributed by atoms with Crippen LogP contribution in [-0.2, 0) is 6.54 Å². The van der Waals surface area contributed by atoms with E-state index < -0.39 is 17.6 Å². The molecule has 0 amide bonds. The highest BCUT2D eigenvalue weighted by atomic mass is 19.4. The first kappa shape index (κ1) is 16.2. The van der Waals surface area contributed by atoms with Gasteiger partial charge in [-0.05, 0) is 18.2 Å². The van der Waals surface area contributed by atoms with Gasteiger partial charge < -0.3 is 5.32 Å². The molecule has 0 aliphatic heterocycles. The molecule has 0 bridgehead atoms. The minimum absolute atomic E-state index is 0.0147. The van der Waals surface area contributed by atoms with Gasteiger partial charge in [0.05, 0.1) is 11.5 Å². The lowest BCUT2D eigenvalue weighted by Crippen LogP contribution is -2.33. The van der Waals surface area contributed by atoms with Crippen molar-refractivity contribution in [3.63, 3.8) is 0 Å². The fraction of sp³-hybridized carbons (Fsp3) is 0.500. The lowest BCUT2D eigenvalue weighted by Gasteiger charge is -2.22. The Labute approximate surface area is 114 Å². The third kappa shape index (κ3) is 4.69. The van der Waals surface area contributed by atoms with E-state index in [1.165, 1.54) is 17.0 Å². The highest BCUT2D eigenvalue weighted by molar-refractivity contribution is 5.62. The van der Waals surface area contributed by atoms with Crippen molar-refractivity contribution in [1.82, 2.24) is 4.90 Å². The molecule has 20 heavy (non-hydrogen) atoms. The maximum Gasteiger partial charge on any atom is 0.401 e. The average molecular weight is 291 g/mol. The van der Waals surface area contributed by atoms with Gasteiger partial charge in [-0.15, -0.1) is 0 Å². The first-order valence-corrected chi connectivity index (χ1v) is 6.01. The second-order valence-corrected chi connectivity index (χ2v) is 4.28. The standard InChI is InChI=1S/C12H16F3N3O2/c1-3-17(8-12(13,14)15)7-9-4-5-10(16-2)11(6-9)18(19)20/h4-6,16H,3,7-8H2,1-2H3. The minimum atomic E-state index is -4.28. The van der Waals surface area contributed by atoms with E-state index >= 15 is 0 Å². The third-order valence-electron chi connectivity index (χ3n) is 2.78. The van der Waals surface area contributed by atoms with Crippen LogP contribution >= 0.6 is 0 Å². The molecule has 0 unspecified atom stereocenters.